The van der Waals surface area contributed by atoms with Gasteiger partial charge in [0.1, 0.15) is 0 Å². The molecule has 0 heterocycles. The molecule has 114 valence electrons. The van der Waals surface area contributed by atoms with E-state index in [1.54, 1.807) is 30.3 Å². The smallest absolute Gasteiger partial charge is 0.271 e. The molecule has 0 aliphatic carbocycles. The lowest BCUT2D eigenvalue weighted by atomic mass is 10.1. The number of rotatable bonds is 4. The lowest BCUT2D eigenvalue weighted by molar-refractivity contribution is -0.121. The Bertz CT molecular complexity index is 689. The number of carbonyl (C=O) groups is 2. The summed E-state index contributed by atoms with van der Waals surface area (Å²) in [5, 5.41) is 0.945. The van der Waals surface area contributed by atoms with Crippen molar-refractivity contribution in [1.82, 2.24) is 10.9 Å². The van der Waals surface area contributed by atoms with Crippen LogP contribution in [-0.2, 0) is 11.2 Å². The van der Waals surface area contributed by atoms with E-state index in [-0.39, 0.29) is 12.3 Å². The van der Waals surface area contributed by atoms with Crippen LogP contribution in [0.2, 0.25) is 10.0 Å². The number of halogens is 2. The summed E-state index contributed by atoms with van der Waals surface area (Å²) in [5.74, 6) is -0.767. The van der Waals surface area contributed by atoms with E-state index in [1.807, 2.05) is 18.2 Å². The molecule has 22 heavy (non-hydrogen) atoms. The number of carbonyl (C=O) groups excluding carboxylic acids is 2. The first-order valence-corrected chi connectivity index (χ1v) is 7.40. The second-order valence-electron chi connectivity index (χ2n) is 4.57. The second-order valence-corrected chi connectivity index (χ2v) is 5.39. The zero-order chi connectivity index (χ0) is 15.9. The van der Waals surface area contributed by atoms with E-state index in [2.05, 4.69) is 10.9 Å². The molecule has 0 bridgehead atoms. The summed E-state index contributed by atoms with van der Waals surface area (Å²) >= 11 is 11.9. The first kappa shape index (κ1) is 16.3. The van der Waals surface area contributed by atoms with Crippen LogP contribution in [-0.4, -0.2) is 11.8 Å². The van der Waals surface area contributed by atoms with Crippen molar-refractivity contribution >= 4 is 35.0 Å². The number of nitrogens with one attached hydrogen (secondary N) is 2. The Morgan fingerprint density at radius 2 is 1.50 bits per heavy atom. The molecule has 0 fully saturated rings. The first-order chi connectivity index (χ1) is 10.6. The van der Waals surface area contributed by atoms with E-state index < -0.39 is 5.91 Å². The molecule has 2 aromatic rings. The van der Waals surface area contributed by atoms with Gasteiger partial charge in [0.05, 0.1) is 10.6 Å². The lowest BCUT2D eigenvalue weighted by Gasteiger charge is -2.09. The van der Waals surface area contributed by atoms with Crippen LogP contribution in [0.3, 0.4) is 0 Å². The van der Waals surface area contributed by atoms with Crippen LogP contribution < -0.4 is 10.9 Å². The number of hydrogen-bond acceptors (Lipinski definition) is 2. The van der Waals surface area contributed by atoms with Crippen LogP contribution in [0.15, 0.2) is 48.5 Å². The van der Waals surface area contributed by atoms with E-state index in [0.29, 0.717) is 22.0 Å². The Hall–Kier alpha value is -2.04. The van der Waals surface area contributed by atoms with Crippen LogP contribution >= 0.6 is 23.2 Å². The Morgan fingerprint density at radius 3 is 2.18 bits per heavy atom. The molecule has 0 saturated heterocycles. The number of benzene rings is 2. The predicted octanol–water partition coefficient (Wildman–Crippen LogP) is 3.39. The van der Waals surface area contributed by atoms with Crippen molar-refractivity contribution in [3.63, 3.8) is 0 Å². The Balaban J connectivity index is 1.82. The standard InChI is InChI=1S/C16H14Cl2N2O2/c17-13-7-3-1-5-11(13)9-10-15(21)19-20-16(22)12-6-2-4-8-14(12)18/h1-8H,9-10H2,(H,19,21)(H,20,22). The fraction of sp³-hybridized carbons (Fsp3) is 0.125. The van der Waals surface area contributed by atoms with Gasteiger partial charge in [-0.2, -0.15) is 0 Å². The summed E-state index contributed by atoms with van der Waals surface area (Å²) in [6, 6.07) is 13.9. The molecule has 0 aromatic heterocycles. The minimum absolute atomic E-state index is 0.215. The van der Waals surface area contributed by atoms with Crippen LogP contribution in [0.4, 0.5) is 0 Å². The highest BCUT2D eigenvalue weighted by molar-refractivity contribution is 6.33. The van der Waals surface area contributed by atoms with Crippen molar-refractivity contribution in [2.24, 2.45) is 0 Å². The summed E-state index contributed by atoms with van der Waals surface area (Å²) in [6.07, 6.45) is 0.708. The Kier molecular flexibility index (Phi) is 5.81. The maximum atomic E-state index is 11.9. The SMILES string of the molecule is O=C(CCc1ccccc1Cl)NNC(=O)c1ccccc1Cl. The minimum Gasteiger partial charge on any atom is -0.273 e. The third-order valence-corrected chi connectivity index (χ3v) is 3.71. The Morgan fingerprint density at radius 1 is 0.864 bits per heavy atom. The maximum absolute atomic E-state index is 11.9. The molecule has 0 radical (unpaired) electrons. The molecule has 0 spiro atoms. The number of amides is 2. The fourth-order valence-corrected chi connectivity index (χ4v) is 2.30. The zero-order valence-corrected chi connectivity index (χ0v) is 13.1. The molecule has 2 N–H and O–H groups in total. The van der Waals surface area contributed by atoms with Gasteiger partial charge in [-0.15, -0.1) is 0 Å². The molecule has 0 aliphatic rings. The zero-order valence-electron chi connectivity index (χ0n) is 11.6. The van der Waals surface area contributed by atoms with Crippen LogP contribution in [0.5, 0.6) is 0 Å². The van der Waals surface area contributed by atoms with Gasteiger partial charge in [0.15, 0.2) is 0 Å². The largest absolute Gasteiger partial charge is 0.273 e. The molecular weight excluding hydrogens is 323 g/mol. The summed E-state index contributed by atoms with van der Waals surface area (Å²) < 4.78 is 0. The van der Waals surface area contributed by atoms with Gasteiger partial charge in [0, 0.05) is 11.4 Å². The first-order valence-electron chi connectivity index (χ1n) is 6.65. The van der Waals surface area contributed by atoms with E-state index in [1.165, 1.54) is 0 Å². The summed E-state index contributed by atoms with van der Waals surface area (Å²) in [7, 11) is 0. The van der Waals surface area contributed by atoms with Crippen molar-refractivity contribution < 1.29 is 9.59 Å². The average Bonchev–Trinajstić information content (AvgIpc) is 2.52. The predicted molar refractivity (Wildman–Crippen MR) is 86.8 cm³/mol. The second kappa shape index (κ2) is 7.82. The quantitative estimate of drug-likeness (QED) is 0.841. The van der Waals surface area contributed by atoms with Crippen molar-refractivity contribution in [2.75, 3.05) is 0 Å². The molecular formula is C16H14Cl2N2O2. The van der Waals surface area contributed by atoms with Gasteiger partial charge < -0.3 is 0 Å². The Labute approximate surface area is 138 Å². The molecule has 0 unspecified atom stereocenters. The van der Waals surface area contributed by atoms with Gasteiger partial charge in [0.2, 0.25) is 5.91 Å². The van der Waals surface area contributed by atoms with E-state index in [4.69, 9.17) is 23.2 Å². The highest BCUT2D eigenvalue weighted by atomic mass is 35.5. The van der Waals surface area contributed by atoms with Crippen molar-refractivity contribution in [1.29, 1.82) is 0 Å². The van der Waals surface area contributed by atoms with Crippen LogP contribution in [0.1, 0.15) is 22.3 Å². The van der Waals surface area contributed by atoms with Gasteiger partial charge in [-0.1, -0.05) is 53.5 Å². The van der Waals surface area contributed by atoms with Crippen LogP contribution in [0, 0.1) is 0 Å². The average molecular weight is 337 g/mol. The molecule has 2 rings (SSSR count). The fourth-order valence-electron chi connectivity index (χ4n) is 1.85. The van der Waals surface area contributed by atoms with Gasteiger partial charge in [-0.3, -0.25) is 20.4 Å². The molecule has 0 aliphatic heterocycles. The van der Waals surface area contributed by atoms with Crippen LogP contribution in [0.25, 0.3) is 0 Å². The number of aryl methyl sites for hydroxylation is 1. The van der Waals surface area contributed by atoms with Crippen molar-refractivity contribution in [3.8, 4) is 0 Å². The molecule has 2 amide bonds. The summed E-state index contributed by atoms with van der Waals surface area (Å²) in [4.78, 5) is 23.6. The van der Waals surface area contributed by atoms with E-state index >= 15 is 0 Å². The van der Waals surface area contributed by atoms with E-state index in [0.717, 1.165) is 5.56 Å². The van der Waals surface area contributed by atoms with Gasteiger partial charge in [-0.05, 0) is 30.2 Å². The third kappa shape index (κ3) is 4.48. The minimum atomic E-state index is -0.461. The molecule has 4 nitrogen and oxygen atoms in total. The molecule has 2 aromatic carbocycles. The van der Waals surface area contributed by atoms with Gasteiger partial charge in [-0.25, -0.2) is 0 Å². The number of hydrogen-bond donors (Lipinski definition) is 2. The highest BCUT2D eigenvalue weighted by Gasteiger charge is 2.10. The third-order valence-electron chi connectivity index (χ3n) is 3.01. The van der Waals surface area contributed by atoms with Gasteiger partial charge in [0.25, 0.3) is 5.91 Å². The molecule has 0 saturated carbocycles. The normalized spacial score (nSPS) is 10.1. The monoisotopic (exact) mass is 336 g/mol. The maximum Gasteiger partial charge on any atom is 0.271 e. The summed E-state index contributed by atoms with van der Waals surface area (Å²) in [6.45, 7) is 0. The highest BCUT2D eigenvalue weighted by Crippen LogP contribution is 2.16. The van der Waals surface area contributed by atoms with E-state index in [9.17, 15) is 9.59 Å². The lowest BCUT2D eigenvalue weighted by Crippen LogP contribution is -2.41. The van der Waals surface area contributed by atoms with Crippen molar-refractivity contribution in [2.45, 2.75) is 12.8 Å². The summed E-state index contributed by atoms with van der Waals surface area (Å²) in [5.41, 5.74) is 5.88. The number of hydrazine groups is 1. The molecule has 0 atom stereocenters. The molecule has 6 heteroatoms. The topological polar surface area (TPSA) is 58.2 Å². The van der Waals surface area contributed by atoms with Gasteiger partial charge >= 0.3 is 0 Å². The van der Waals surface area contributed by atoms with Crippen molar-refractivity contribution in [3.05, 3.63) is 69.7 Å².